The molecule has 1 aromatic heterocycles. The van der Waals surface area contributed by atoms with Crippen molar-refractivity contribution in [3.05, 3.63) is 17.8 Å². The smallest absolute Gasteiger partial charge is 0.337 e. The standard InChI is InChI=1S/C14H17N3O2/c15-9-5-16-10(4-8(9)14(18)19)17-13-11-6-1-2-7(3-6)12(11)13/h4-7,11-13H,1-3,15H2,(H,16,17)(H,18,19). The van der Waals surface area contributed by atoms with E-state index < -0.39 is 5.97 Å². The number of aromatic nitrogens is 1. The molecule has 3 saturated carbocycles. The van der Waals surface area contributed by atoms with Crippen LogP contribution in [0.5, 0.6) is 0 Å². The lowest BCUT2D eigenvalue weighted by Crippen LogP contribution is -2.14. The Bertz CT molecular complexity index is 544. The fourth-order valence-corrected chi connectivity index (χ4v) is 4.42. The molecule has 2 bridgehead atoms. The molecule has 0 aliphatic heterocycles. The molecule has 100 valence electrons. The molecule has 5 nitrogen and oxygen atoms in total. The number of carboxylic acids is 1. The molecule has 4 rings (SSSR count). The summed E-state index contributed by atoms with van der Waals surface area (Å²) in [7, 11) is 0. The van der Waals surface area contributed by atoms with Crippen LogP contribution < -0.4 is 11.1 Å². The van der Waals surface area contributed by atoms with Crippen molar-refractivity contribution >= 4 is 17.5 Å². The largest absolute Gasteiger partial charge is 0.478 e. The summed E-state index contributed by atoms with van der Waals surface area (Å²) in [6.07, 6.45) is 5.58. The monoisotopic (exact) mass is 259 g/mol. The van der Waals surface area contributed by atoms with Crippen LogP contribution in [0, 0.1) is 23.7 Å². The first kappa shape index (κ1) is 11.1. The van der Waals surface area contributed by atoms with Gasteiger partial charge in [-0.2, -0.15) is 0 Å². The fourth-order valence-electron chi connectivity index (χ4n) is 4.42. The van der Waals surface area contributed by atoms with Gasteiger partial charge in [-0.1, -0.05) is 0 Å². The molecule has 4 unspecified atom stereocenters. The maximum Gasteiger partial charge on any atom is 0.337 e. The Hall–Kier alpha value is -1.78. The van der Waals surface area contributed by atoms with Gasteiger partial charge in [0, 0.05) is 6.04 Å². The number of nitrogens with zero attached hydrogens (tertiary/aromatic N) is 1. The van der Waals surface area contributed by atoms with Crippen LogP contribution in [-0.2, 0) is 0 Å². The lowest BCUT2D eigenvalue weighted by Gasteiger charge is -2.12. The van der Waals surface area contributed by atoms with Gasteiger partial charge in [0.25, 0.3) is 0 Å². The minimum Gasteiger partial charge on any atom is -0.478 e. The van der Waals surface area contributed by atoms with E-state index in [2.05, 4.69) is 10.3 Å². The first-order chi connectivity index (χ1) is 9.15. The third kappa shape index (κ3) is 1.54. The molecule has 4 N–H and O–H groups in total. The van der Waals surface area contributed by atoms with Crippen LogP contribution in [0.2, 0.25) is 0 Å². The summed E-state index contributed by atoms with van der Waals surface area (Å²) < 4.78 is 0. The van der Waals surface area contributed by atoms with E-state index in [4.69, 9.17) is 10.8 Å². The number of nitrogens with two attached hydrogens (primary N) is 1. The van der Waals surface area contributed by atoms with Crippen LogP contribution in [-0.4, -0.2) is 22.1 Å². The molecule has 0 radical (unpaired) electrons. The van der Waals surface area contributed by atoms with Crippen molar-refractivity contribution in [3.63, 3.8) is 0 Å². The van der Waals surface area contributed by atoms with E-state index in [1.807, 2.05) is 0 Å². The zero-order chi connectivity index (χ0) is 13.1. The van der Waals surface area contributed by atoms with Crippen LogP contribution in [0.25, 0.3) is 0 Å². The first-order valence-corrected chi connectivity index (χ1v) is 6.90. The zero-order valence-electron chi connectivity index (χ0n) is 10.5. The molecule has 19 heavy (non-hydrogen) atoms. The van der Waals surface area contributed by atoms with Crippen LogP contribution in [0.1, 0.15) is 29.6 Å². The SMILES string of the molecule is Nc1cnc(NC2C3C4CCC(C4)C23)cc1C(=O)O. The molecule has 0 spiro atoms. The van der Waals surface area contributed by atoms with E-state index in [1.54, 1.807) is 6.07 Å². The van der Waals surface area contributed by atoms with Gasteiger partial charge in [0.15, 0.2) is 0 Å². The van der Waals surface area contributed by atoms with Crippen molar-refractivity contribution in [2.45, 2.75) is 25.3 Å². The summed E-state index contributed by atoms with van der Waals surface area (Å²) >= 11 is 0. The Balaban J connectivity index is 1.53. The second-order valence-corrected chi connectivity index (χ2v) is 6.12. The number of hydrogen-bond donors (Lipinski definition) is 3. The third-order valence-electron chi connectivity index (χ3n) is 5.22. The van der Waals surface area contributed by atoms with Crippen molar-refractivity contribution in [2.75, 3.05) is 11.1 Å². The highest BCUT2D eigenvalue weighted by atomic mass is 16.4. The number of fused-ring (bicyclic) bond motifs is 5. The van der Waals surface area contributed by atoms with Gasteiger partial charge in [-0.05, 0) is 49.0 Å². The number of rotatable bonds is 3. The second-order valence-electron chi connectivity index (χ2n) is 6.12. The van der Waals surface area contributed by atoms with Gasteiger partial charge in [-0.25, -0.2) is 9.78 Å². The van der Waals surface area contributed by atoms with Gasteiger partial charge in [-0.3, -0.25) is 0 Å². The maximum absolute atomic E-state index is 11.0. The summed E-state index contributed by atoms with van der Waals surface area (Å²) in [4.78, 5) is 15.2. The molecule has 0 amide bonds. The molecule has 1 heterocycles. The Morgan fingerprint density at radius 2 is 2.05 bits per heavy atom. The molecule has 5 heteroatoms. The first-order valence-electron chi connectivity index (χ1n) is 6.90. The molecule has 1 aromatic rings. The molecule has 4 atom stereocenters. The number of pyridine rings is 1. The predicted molar refractivity (Wildman–Crippen MR) is 70.8 cm³/mol. The summed E-state index contributed by atoms with van der Waals surface area (Å²) in [5.74, 6) is 3.02. The highest BCUT2D eigenvalue weighted by Crippen LogP contribution is 2.66. The Kier molecular flexibility index (Phi) is 2.11. The number of carbonyl (C=O) groups is 1. The van der Waals surface area contributed by atoms with Crippen molar-refractivity contribution < 1.29 is 9.90 Å². The lowest BCUT2D eigenvalue weighted by atomic mass is 10.0. The Morgan fingerprint density at radius 1 is 1.37 bits per heavy atom. The summed E-state index contributed by atoms with van der Waals surface area (Å²) in [6, 6.07) is 2.05. The van der Waals surface area contributed by atoms with Gasteiger partial charge < -0.3 is 16.2 Å². The lowest BCUT2D eigenvalue weighted by molar-refractivity contribution is 0.0698. The highest BCUT2D eigenvalue weighted by molar-refractivity contribution is 5.94. The fraction of sp³-hybridized carbons (Fsp3) is 0.571. The normalized spacial score (nSPS) is 38.0. The zero-order valence-corrected chi connectivity index (χ0v) is 10.5. The molecule has 3 aliphatic rings. The van der Waals surface area contributed by atoms with Crippen LogP contribution in [0.15, 0.2) is 12.3 Å². The summed E-state index contributed by atoms with van der Waals surface area (Å²) in [6.45, 7) is 0. The Labute approximate surface area is 111 Å². The quantitative estimate of drug-likeness (QED) is 0.770. The van der Waals surface area contributed by atoms with Crippen molar-refractivity contribution in [1.29, 1.82) is 0 Å². The molecule has 0 aromatic carbocycles. The van der Waals surface area contributed by atoms with E-state index in [9.17, 15) is 4.79 Å². The average Bonchev–Trinajstić information content (AvgIpc) is 2.79. The average molecular weight is 259 g/mol. The van der Waals surface area contributed by atoms with E-state index >= 15 is 0 Å². The topological polar surface area (TPSA) is 88.2 Å². The van der Waals surface area contributed by atoms with Gasteiger partial charge in [0.2, 0.25) is 0 Å². The number of aromatic carboxylic acids is 1. The van der Waals surface area contributed by atoms with Gasteiger partial charge in [0.1, 0.15) is 5.82 Å². The van der Waals surface area contributed by atoms with Crippen LogP contribution >= 0.6 is 0 Å². The number of nitrogen functional groups attached to an aromatic ring is 1. The van der Waals surface area contributed by atoms with E-state index in [0.29, 0.717) is 11.9 Å². The van der Waals surface area contributed by atoms with Gasteiger partial charge in [0.05, 0.1) is 17.4 Å². The summed E-state index contributed by atoms with van der Waals surface area (Å²) in [5, 5.41) is 12.5. The number of anilines is 2. The number of nitrogens with one attached hydrogen (secondary N) is 1. The third-order valence-corrected chi connectivity index (χ3v) is 5.22. The highest BCUT2D eigenvalue weighted by Gasteiger charge is 2.65. The second kappa shape index (κ2) is 3.62. The number of hydrogen-bond acceptors (Lipinski definition) is 4. The summed E-state index contributed by atoms with van der Waals surface area (Å²) in [5.41, 5.74) is 5.96. The molecule has 0 saturated heterocycles. The van der Waals surface area contributed by atoms with Crippen molar-refractivity contribution in [3.8, 4) is 0 Å². The van der Waals surface area contributed by atoms with Crippen molar-refractivity contribution in [1.82, 2.24) is 4.98 Å². The maximum atomic E-state index is 11.0. The molecule has 3 fully saturated rings. The minimum atomic E-state index is -1.00. The molecular formula is C14H17N3O2. The van der Waals surface area contributed by atoms with Crippen molar-refractivity contribution in [2.24, 2.45) is 23.7 Å². The predicted octanol–water partition coefficient (Wildman–Crippen LogP) is 1.82. The van der Waals surface area contributed by atoms with Crippen LogP contribution in [0.4, 0.5) is 11.5 Å². The van der Waals surface area contributed by atoms with E-state index in [-0.39, 0.29) is 11.3 Å². The van der Waals surface area contributed by atoms with Gasteiger partial charge in [-0.15, -0.1) is 0 Å². The van der Waals surface area contributed by atoms with Gasteiger partial charge >= 0.3 is 5.97 Å². The molecular weight excluding hydrogens is 242 g/mol. The Morgan fingerprint density at radius 3 is 2.68 bits per heavy atom. The van der Waals surface area contributed by atoms with E-state index in [1.165, 1.54) is 25.5 Å². The minimum absolute atomic E-state index is 0.131. The number of carboxylic acid groups (broad SMARTS) is 1. The van der Waals surface area contributed by atoms with Crippen LogP contribution in [0.3, 0.4) is 0 Å². The molecule has 3 aliphatic carbocycles. The van der Waals surface area contributed by atoms with E-state index in [0.717, 1.165) is 23.7 Å².